The van der Waals surface area contributed by atoms with Crippen LogP contribution in [0.15, 0.2) is 72.3 Å². The van der Waals surface area contributed by atoms with E-state index in [0.717, 1.165) is 17.7 Å². The zero-order chi connectivity index (χ0) is 27.4. The third-order valence-corrected chi connectivity index (χ3v) is 6.51. The van der Waals surface area contributed by atoms with E-state index in [1.165, 1.54) is 4.90 Å². The van der Waals surface area contributed by atoms with E-state index in [1.54, 1.807) is 30.3 Å². The Hall–Kier alpha value is -4.26. The summed E-state index contributed by atoms with van der Waals surface area (Å²) in [5.74, 6) is -0.251. The van der Waals surface area contributed by atoms with Crippen molar-refractivity contribution < 1.29 is 24.2 Å². The highest BCUT2D eigenvalue weighted by molar-refractivity contribution is 6.51. The van der Waals surface area contributed by atoms with Gasteiger partial charge in [0.25, 0.3) is 11.7 Å². The third kappa shape index (κ3) is 5.23. The first-order valence-corrected chi connectivity index (χ1v) is 12.8. The SMILES string of the molecule is CCCOc1ccc(/C(O)=C2/C(=O)C(=O)N(c3ccc(N(C)C)cc3)C2c2ccc(OCC)cc2)cc1C. The first-order chi connectivity index (χ1) is 18.3. The Morgan fingerprint density at radius 2 is 1.63 bits per heavy atom. The van der Waals surface area contributed by atoms with Crippen LogP contribution in [-0.4, -0.2) is 44.1 Å². The summed E-state index contributed by atoms with van der Waals surface area (Å²) in [6.45, 7) is 6.93. The first-order valence-electron chi connectivity index (χ1n) is 12.8. The van der Waals surface area contributed by atoms with Gasteiger partial charge in [0.15, 0.2) is 0 Å². The standard InChI is InChI=1S/C31H34N2O5/c1-6-18-38-26-17-10-22(19-20(26)3)29(34)27-28(21-8-15-25(16-9-21)37-7-2)33(31(36)30(27)35)24-13-11-23(12-14-24)32(4)5/h8-17,19,28,34H,6-7,18H2,1-5H3/b29-27-. The predicted molar refractivity (Wildman–Crippen MR) is 150 cm³/mol. The summed E-state index contributed by atoms with van der Waals surface area (Å²) >= 11 is 0. The van der Waals surface area contributed by atoms with Crippen LogP contribution in [0.4, 0.5) is 11.4 Å². The predicted octanol–water partition coefficient (Wildman–Crippen LogP) is 5.87. The molecule has 38 heavy (non-hydrogen) atoms. The normalized spacial score (nSPS) is 16.6. The molecule has 1 unspecified atom stereocenters. The summed E-state index contributed by atoms with van der Waals surface area (Å²) in [4.78, 5) is 30.3. The Morgan fingerprint density at radius 3 is 2.21 bits per heavy atom. The minimum atomic E-state index is -0.813. The van der Waals surface area contributed by atoms with Gasteiger partial charge in [-0.25, -0.2) is 0 Å². The minimum Gasteiger partial charge on any atom is -0.507 e. The lowest BCUT2D eigenvalue weighted by Crippen LogP contribution is -2.29. The molecular weight excluding hydrogens is 480 g/mol. The molecule has 7 heteroatoms. The number of carbonyl (C=O) groups is 2. The maximum absolute atomic E-state index is 13.5. The average Bonchev–Trinajstić information content (AvgIpc) is 3.18. The Kier molecular flexibility index (Phi) is 8.05. The highest BCUT2D eigenvalue weighted by atomic mass is 16.5. The van der Waals surface area contributed by atoms with Crippen molar-refractivity contribution in [2.45, 2.75) is 33.2 Å². The van der Waals surface area contributed by atoms with Crippen LogP contribution >= 0.6 is 0 Å². The molecule has 0 aromatic heterocycles. The summed E-state index contributed by atoms with van der Waals surface area (Å²) in [5.41, 5.74) is 3.53. The van der Waals surface area contributed by atoms with Gasteiger partial charge in [0.05, 0.1) is 24.8 Å². The van der Waals surface area contributed by atoms with Gasteiger partial charge in [-0.05, 0) is 86.0 Å². The van der Waals surface area contributed by atoms with Crippen LogP contribution in [0.5, 0.6) is 11.5 Å². The molecule has 4 rings (SSSR count). The molecule has 0 bridgehead atoms. The van der Waals surface area contributed by atoms with Gasteiger partial charge < -0.3 is 19.5 Å². The summed E-state index contributed by atoms with van der Waals surface area (Å²) in [6, 6.07) is 19.1. The molecule has 1 aliphatic heterocycles. The lowest BCUT2D eigenvalue weighted by molar-refractivity contribution is -0.132. The molecule has 7 nitrogen and oxygen atoms in total. The fourth-order valence-electron chi connectivity index (χ4n) is 4.56. The number of aliphatic hydroxyl groups is 1. The van der Waals surface area contributed by atoms with Gasteiger partial charge in [-0.2, -0.15) is 0 Å². The zero-order valence-corrected chi connectivity index (χ0v) is 22.5. The maximum atomic E-state index is 13.5. The van der Waals surface area contributed by atoms with Gasteiger partial charge in [0.1, 0.15) is 17.3 Å². The molecule has 1 fully saturated rings. The van der Waals surface area contributed by atoms with Crippen LogP contribution < -0.4 is 19.3 Å². The Morgan fingerprint density at radius 1 is 0.947 bits per heavy atom. The number of amides is 1. The fraction of sp³-hybridized carbons (Fsp3) is 0.290. The van der Waals surface area contributed by atoms with E-state index in [-0.39, 0.29) is 11.3 Å². The molecule has 0 radical (unpaired) electrons. The number of anilines is 2. The van der Waals surface area contributed by atoms with E-state index in [0.29, 0.717) is 41.5 Å². The Labute approximate surface area is 223 Å². The van der Waals surface area contributed by atoms with Crippen LogP contribution in [0.3, 0.4) is 0 Å². The second-order valence-corrected chi connectivity index (χ2v) is 9.41. The van der Waals surface area contributed by atoms with Gasteiger partial charge >= 0.3 is 0 Å². The maximum Gasteiger partial charge on any atom is 0.300 e. The fourth-order valence-corrected chi connectivity index (χ4v) is 4.56. The van der Waals surface area contributed by atoms with Gasteiger partial charge in [-0.3, -0.25) is 14.5 Å². The number of aryl methyl sites for hydroxylation is 1. The quantitative estimate of drug-likeness (QED) is 0.218. The monoisotopic (exact) mass is 514 g/mol. The Balaban J connectivity index is 1.84. The number of ether oxygens (including phenoxy) is 2. The van der Waals surface area contributed by atoms with Crippen LogP contribution in [0, 0.1) is 6.92 Å². The molecule has 198 valence electrons. The van der Waals surface area contributed by atoms with Crippen molar-refractivity contribution in [1.29, 1.82) is 0 Å². The van der Waals surface area contributed by atoms with Gasteiger partial charge in [0, 0.05) is 31.0 Å². The highest BCUT2D eigenvalue weighted by Crippen LogP contribution is 2.43. The van der Waals surface area contributed by atoms with Crippen molar-refractivity contribution in [3.8, 4) is 11.5 Å². The van der Waals surface area contributed by atoms with Crippen LogP contribution in [0.25, 0.3) is 5.76 Å². The van der Waals surface area contributed by atoms with Crippen LogP contribution in [0.2, 0.25) is 0 Å². The van der Waals surface area contributed by atoms with Crippen molar-refractivity contribution in [3.63, 3.8) is 0 Å². The second-order valence-electron chi connectivity index (χ2n) is 9.41. The Bertz CT molecular complexity index is 1340. The van der Waals surface area contributed by atoms with E-state index in [9.17, 15) is 14.7 Å². The van der Waals surface area contributed by atoms with Crippen molar-refractivity contribution in [2.75, 3.05) is 37.1 Å². The molecule has 1 aliphatic rings. The number of Topliss-reactive ketones (excluding diaryl/α,β-unsaturated/α-hetero) is 1. The summed E-state index contributed by atoms with van der Waals surface area (Å²) in [6.07, 6.45) is 0.877. The number of ketones is 1. The van der Waals surface area contributed by atoms with E-state index in [4.69, 9.17) is 9.47 Å². The smallest absolute Gasteiger partial charge is 0.300 e. The van der Waals surface area contributed by atoms with Crippen LogP contribution in [0.1, 0.15) is 43.0 Å². The largest absolute Gasteiger partial charge is 0.507 e. The van der Waals surface area contributed by atoms with E-state index < -0.39 is 17.7 Å². The molecule has 3 aromatic carbocycles. The van der Waals surface area contributed by atoms with Crippen molar-refractivity contribution in [3.05, 3.63) is 89.0 Å². The summed E-state index contributed by atoms with van der Waals surface area (Å²) in [5, 5.41) is 11.5. The van der Waals surface area contributed by atoms with Gasteiger partial charge in [0.2, 0.25) is 0 Å². The number of hydrogen-bond donors (Lipinski definition) is 1. The molecule has 1 amide bonds. The molecule has 1 saturated heterocycles. The van der Waals surface area contributed by atoms with E-state index in [2.05, 4.69) is 0 Å². The van der Waals surface area contributed by atoms with Crippen LogP contribution in [-0.2, 0) is 9.59 Å². The number of aliphatic hydroxyl groups excluding tert-OH is 1. The third-order valence-electron chi connectivity index (χ3n) is 6.51. The zero-order valence-electron chi connectivity index (χ0n) is 22.5. The highest BCUT2D eigenvalue weighted by Gasteiger charge is 2.47. The summed E-state index contributed by atoms with van der Waals surface area (Å²) < 4.78 is 11.3. The lowest BCUT2D eigenvalue weighted by atomic mass is 9.94. The number of rotatable bonds is 9. The number of nitrogens with zero attached hydrogens (tertiary/aromatic N) is 2. The molecule has 1 heterocycles. The van der Waals surface area contributed by atoms with Crippen molar-refractivity contribution in [1.82, 2.24) is 0 Å². The second kappa shape index (κ2) is 11.4. The molecule has 0 saturated carbocycles. The van der Waals surface area contributed by atoms with Crippen molar-refractivity contribution >= 4 is 28.8 Å². The number of carbonyl (C=O) groups excluding carboxylic acids is 2. The lowest BCUT2D eigenvalue weighted by Gasteiger charge is -2.26. The molecule has 1 N–H and O–H groups in total. The van der Waals surface area contributed by atoms with Gasteiger partial charge in [-0.1, -0.05) is 19.1 Å². The van der Waals surface area contributed by atoms with E-state index in [1.807, 2.05) is 76.2 Å². The molecule has 0 aliphatic carbocycles. The number of benzene rings is 3. The number of hydrogen-bond acceptors (Lipinski definition) is 6. The van der Waals surface area contributed by atoms with Crippen molar-refractivity contribution in [2.24, 2.45) is 0 Å². The summed E-state index contributed by atoms with van der Waals surface area (Å²) in [7, 11) is 3.86. The van der Waals surface area contributed by atoms with Gasteiger partial charge in [-0.15, -0.1) is 0 Å². The topological polar surface area (TPSA) is 79.3 Å². The first kappa shape index (κ1) is 26.8. The average molecular weight is 515 g/mol. The molecular formula is C31H34N2O5. The molecule has 3 aromatic rings. The molecule has 0 spiro atoms. The minimum absolute atomic E-state index is 0.0393. The van der Waals surface area contributed by atoms with E-state index >= 15 is 0 Å². The molecule has 1 atom stereocenters.